The van der Waals surface area contributed by atoms with E-state index in [1.54, 1.807) is 20.8 Å². The molecule has 2 nitrogen and oxygen atoms in total. The Labute approximate surface area is 89.5 Å². The zero-order valence-corrected chi connectivity index (χ0v) is 10.6. The molecule has 0 unspecified atom stereocenters. The van der Waals surface area contributed by atoms with Crippen molar-refractivity contribution in [3.63, 3.8) is 0 Å². The summed E-state index contributed by atoms with van der Waals surface area (Å²) in [6, 6.07) is 0. The molecular weight excluding hydrogens is 186 g/mol. The van der Waals surface area contributed by atoms with Crippen LogP contribution in [0.1, 0.15) is 34.6 Å². The molecule has 0 aliphatic carbocycles. The fourth-order valence-electron chi connectivity index (χ4n) is 0.671. The Balaban J connectivity index is 0. The van der Waals surface area contributed by atoms with E-state index < -0.39 is 0 Å². The average molecular weight is 208 g/mol. The standard InChI is InChI=1S/C6H15N.C3H7O.Ti/c1-4-7(5-2)6-3;1-3(2)4;/h4-6H2,1-3H3;3H,1-2H3;/q;-1;+1. The fourth-order valence-corrected chi connectivity index (χ4v) is 0.671. The van der Waals surface area contributed by atoms with E-state index in [4.69, 9.17) is 3.32 Å². The van der Waals surface area contributed by atoms with E-state index in [2.05, 4.69) is 25.7 Å². The zero-order chi connectivity index (χ0) is 9.98. The van der Waals surface area contributed by atoms with Gasteiger partial charge < -0.3 is 4.90 Å². The molecule has 0 saturated heterocycles. The van der Waals surface area contributed by atoms with Crippen molar-refractivity contribution in [1.29, 1.82) is 0 Å². The quantitative estimate of drug-likeness (QED) is 0.657. The van der Waals surface area contributed by atoms with Gasteiger partial charge in [0.1, 0.15) is 0 Å². The molecule has 0 rings (SSSR count). The molecule has 0 amide bonds. The number of hydrogen-bond donors (Lipinski definition) is 0. The van der Waals surface area contributed by atoms with Crippen LogP contribution < -0.4 is 0 Å². The van der Waals surface area contributed by atoms with E-state index in [0.717, 1.165) is 0 Å². The number of nitrogens with zero attached hydrogens (tertiary/aromatic N) is 1. The van der Waals surface area contributed by atoms with Crippen molar-refractivity contribution in [1.82, 2.24) is 4.90 Å². The first-order valence-corrected chi connectivity index (χ1v) is 5.30. The van der Waals surface area contributed by atoms with Gasteiger partial charge >= 0.3 is 44.1 Å². The molecule has 0 aromatic heterocycles. The van der Waals surface area contributed by atoms with Gasteiger partial charge in [-0.05, 0) is 19.6 Å². The van der Waals surface area contributed by atoms with Crippen molar-refractivity contribution < 1.29 is 24.1 Å². The number of hydrogen-bond acceptors (Lipinski definition) is 2. The summed E-state index contributed by atoms with van der Waals surface area (Å²) in [6.45, 7) is 14.1. The topological polar surface area (TPSA) is 12.5 Å². The van der Waals surface area contributed by atoms with E-state index in [9.17, 15) is 0 Å². The molecule has 0 fully saturated rings. The molecule has 0 aliphatic rings. The summed E-state index contributed by atoms with van der Waals surface area (Å²) in [4.78, 5) is 2.38. The molecule has 0 saturated carbocycles. The van der Waals surface area contributed by atoms with Crippen LogP contribution in [0.4, 0.5) is 0 Å². The third kappa shape index (κ3) is 13.2. The molecule has 0 radical (unpaired) electrons. The number of rotatable bonds is 4. The van der Waals surface area contributed by atoms with Gasteiger partial charge in [-0.3, -0.25) is 0 Å². The van der Waals surface area contributed by atoms with Crippen LogP contribution in [0.15, 0.2) is 0 Å². The summed E-state index contributed by atoms with van der Waals surface area (Å²) in [5.41, 5.74) is 0. The maximum atomic E-state index is 4.75. The van der Waals surface area contributed by atoms with E-state index in [-0.39, 0.29) is 0 Å². The van der Waals surface area contributed by atoms with Gasteiger partial charge in [-0.25, -0.2) is 0 Å². The second-order valence-electron chi connectivity index (χ2n) is 2.79. The Morgan fingerprint density at radius 3 is 1.33 bits per heavy atom. The van der Waals surface area contributed by atoms with Crippen LogP contribution in [0.3, 0.4) is 0 Å². The molecule has 73 valence electrons. The third-order valence-electron chi connectivity index (χ3n) is 1.58. The smallest absolute Gasteiger partial charge is 0.00474 e. The zero-order valence-electron chi connectivity index (χ0n) is 9.05. The van der Waals surface area contributed by atoms with Crippen molar-refractivity contribution in [2.75, 3.05) is 19.6 Å². The van der Waals surface area contributed by atoms with Crippen LogP contribution >= 0.6 is 0 Å². The van der Waals surface area contributed by atoms with Crippen molar-refractivity contribution in [2.45, 2.75) is 40.7 Å². The Bertz CT molecular complexity index is 69.4. The molecule has 0 spiro atoms. The van der Waals surface area contributed by atoms with Gasteiger partial charge in [-0.1, -0.05) is 20.8 Å². The van der Waals surface area contributed by atoms with Crippen LogP contribution in [-0.4, -0.2) is 30.6 Å². The second kappa shape index (κ2) is 11.6. The summed E-state index contributed by atoms with van der Waals surface area (Å²) in [5, 5.41) is 0. The summed E-state index contributed by atoms with van der Waals surface area (Å²) >= 11 is 1.70. The molecule has 0 aromatic carbocycles. The monoisotopic (exact) mass is 208 g/mol. The molecule has 0 aliphatic heterocycles. The van der Waals surface area contributed by atoms with E-state index in [1.807, 2.05) is 13.8 Å². The predicted octanol–water partition coefficient (Wildman–Crippen LogP) is 2.22. The molecule has 0 N–H and O–H groups in total. The molecule has 0 heterocycles. The van der Waals surface area contributed by atoms with Gasteiger partial charge in [0.15, 0.2) is 0 Å². The van der Waals surface area contributed by atoms with Crippen molar-refractivity contribution >= 4 is 0 Å². The predicted molar refractivity (Wildman–Crippen MR) is 49.7 cm³/mol. The summed E-state index contributed by atoms with van der Waals surface area (Å²) < 4.78 is 4.75. The van der Waals surface area contributed by atoms with E-state index in [1.165, 1.54) is 19.6 Å². The Kier molecular flexibility index (Phi) is 14.7. The molecule has 0 atom stereocenters. The molecule has 0 bridgehead atoms. The van der Waals surface area contributed by atoms with Gasteiger partial charge in [0, 0.05) is 0 Å². The Morgan fingerprint density at radius 1 is 1.08 bits per heavy atom. The van der Waals surface area contributed by atoms with E-state index in [0.29, 0.717) is 6.10 Å². The maximum Gasteiger partial charge on any atom is -0.00474 e. The molecule has 0 aromatic rings. The average Bonchev–Trinajstić information content (AvgIpc) is 2.09. The molecule has 12 heavy (non-hydrogen) atoms. The van der Waals surface area contributed by atoms with Crippen molar-refractivity contribution in [3.05, 3.63) is 0 Å². The fraction of sp³-hybridized carbons (Fsp3) is 1.00. The van der Waals surface area contributed by atoms with Crippen LogP contribution in [0, 0.1) is 0 Å². The van der Waals surface area contributed by atoms with Gasteiger partial charge in [0.25, 0.3) is 0 Å². The van der Waals surface area contributed by atoms with E-state index >= 15 is 0 Å². The Morgan fingerprint density at radius 2 is 1.33 bits per heavy atom. The minimum atomic E-state index is 0.384. The van der Waals surface area contributed by atoms with Gasteiger partial charge in [-0.2, -0.15) is 0 Å². The first-order chi connectivity index (χ1) is 5.62. The van der Waals surface area contributed by atoms with Crippen LogP contribution in [0.25, 0.3) is 0 Å². The minimum Gasteiger partial charge on any atom is -0.304 e. The van der Waals surface area contributed by atoms with Crippen LogP contribution in [-0.2, 0) is 24.1 Å². The molecule has 3 heteroatoms. The SMILES string of the molecule is CC(C)[O][Ti].CCN(CC)CC. The first-order valence-electron chi connectivity index (χ1n) is 4.66. The van der Waals surface area contributed by atoms with Crippen molar-refractivity contribution in [3.8, 4) is 0 Å². The van der Waals surface area contributed by atoms with Gasteiger partial charge in [0.05, 0.1) is 0 Å². The normalized spacial score (nSPS) is 9.83. The summed E-state index contributed by atoms with van der Waals surface area (Å²) in [7, 11) is 0. The first kappa shape index (κ1) is 15.1. The third-order valence-corrected chi connectivity index (χ3v) is 2.31. The van der Waals surface area contributed by atoms with Crippen LogP contribution in [0.2, 0.25) is 0 Å². The Hall–Kier alpha value is 0.634. The summed E-state index contributed by atoms with van der Waals surface area (Å²) in [5.74, 6) is 0. The summed E-state index contributed by atoms with van der Waals surface area (Å²) in [6.07, 6.45) is 0.384. The van der Waals surface area contributed by atoms with Gasteiger partial charge in [-0.15, -0.1) is 0 Å². The molecular formula is C9H22NOTi. The van der Waals surface area contributed by atoms with Gasteiger partial charge in [0.2, 0.25) is 0 Å². The second-order valence-corrected chi connectivity index (χ2v) is 3.15. The maximum absolute atomic E-state index is 4.75. The van der Waals surface area contributed by atoms with Crippen LogP contribution in [0.5, 0.6) is 0 Å². The largest absolute Gasteiger partial charge is 0.304 e. The minimum absolute atomic E-state index is 0.384. The van der Waals surface area contributed by atoms with Crippen molar-refractivity contribution in [2.24, 2.45) is 0 Å².